The topological polar surface area (TPSA) is 96.8 Å². The quantitative estimate of drug-likeness (QED) is 0.665. The molecule has 0 aliphatic heterocycles. The summed E-state index contributed by atoms with van der Waals surface area (Å²) >= 11 is 0. The lowest BCUT2D eigenvalue weighted by atomic mass is 10.1. The first-order chi connectivity index (χ1) is 9.11. The third-order valence-corrected chi connectivity index (χ3v) is 2.72. The zero-order valence-corrected chi connectivity index (χ0v) is 10.2. The molecular weight excluding hydrogens is 246 g/mol. The molecule has 0 atom stereocenters. The number of hydrogen-bond acceptors (Lipinski definition) is 5. The van der Waals surface area contributed by atoms with Gasteiger partial charge in [0.05, 0.1) is 28.4 Å². The second-order valence-electron chi connectivity index (χ2n) is 3.90. The van der Waals surface area contributed by atoms with Gasteiger partial charge in [-0.3, -0.25) is 14.8 Å². The van der Waals surface area contributed by atoms with Gasteiger partial charge < -0.3 is 5.32 Å². The summed E-state index contributed by atoms with van der Waals surface area (Å²) in [5.41, 5.74) is 1.66. The maximum Gasteiger partial charge on any atom is 0.270 e. The second kappa shape index (κ2) is 5.18. The maximum absolute atomic E-state index is 10.6. The third kappa shape index (κ3) is 2.69. The number of anilines is 1. The van der Waals surface area contributed by atoms with Crippen molar-refractivity contribution in [2.75, 3.05) is 5.32 Å². The number of nitriles is 1. The number of rotatable bonds is 4. The van der Waals surface area contributed by atoms with Crippen LogP contribution >= 0.6 is 0 Å². The van der Waals surface area contributed by atoms with Gasteiger partial charge in [-0.1, -0.05) is 0 Å². The largest absolute Gasteiger partial charge is 0.378 e. The zero-order chi connectivity index (χ0) is 13.8. The fraction of sp³-hybridized carbons (Fsp3) is 0.167. The summed E-state index contributed by atoms with van der Waals surface area (Å²) in [5.74, 6) is 0. The molecule has 0 fully saturated rings. The first kappa shape index (κ1) is 12.6. The molecule has 2 aromatic rings. The van der Waals surface area contributed by atoms with E-state index in [1.807, 2.05) is 19.2 Å². The smallest absolute Gasteiger partial charge is 0.270 e. The lowest BCUT2D eigenvalue weighted by Gasteiger charge is -2.08. The standard InChI is InChI=1S/C12H11N5O2/c1-16-11(4-5-15-16)8-14-12-3-2-10(17(18)19)6-9(12)7-13/h2-6,14H,8H2,1H3. The summed E-state index contributed by atoms with van der Waals surface area (Å²) < 4.78 is 1.71. The third-order valence-electron chi connectivity index (χ3n) is 2.72. The van der Waals surface area contributed by atoms with Crippen molar-refractivity contribution >= 4 is 11.4 Å². The maximum atomic E-state index is 10.6. The molecule has 7 heteroatoms. The molecule has 0 unspecified atom stereocenters. The van der Waals surface area contributed by atoms with Crippen molar-refractivity contribution < 1.29 is 4.92 Å². The van der Waals surface area contributed by atoms with E-state index in [1.54, 1.807) is 10.9 Å². The van der Waals surface area contributed by atoms with Gasteiger partial charge >= 0.3 is 0 Å². The first-order valence-electron chi connectivity index (χ1n) is 5.51. The van der Waals surface area contributed by atoms with Crippen molar-refractivity contribution in [1.82, 2.24) is 9.78 Å². The highest BCUT2D eigenvalue weighted by Crippen LogP contribution is 2.21. The summed E-state index contributed by atoms with van der Waals surface area (Å²) in [6.45, 7) is 0.489. The molecule has 19 heavy (non-hydrogen) atoms. The monoisotopic (exact) mass is 257 g/mol. The molecule has 0 saturated carbocycles. The molecule has 1 N–H and O–H groups in total. The number of non-ortho nitro benzene ring substituents is 1. The van der Waals surface area contributed by atoms with Crippen molar-refractivity contribution in [3.8, 4) is 6.07 Å². The van der Waals surface area contributed by atoms with E-state index in [9.17, 15) is 10.1 Å². The number of aromatic nitrogens is 2. The predicted molar refractivity (Wildman–Crippen MR) is 68.3 cm³/mol. The van der Waals surface area contributed by atoms with Gasteiger partial charge in [-0.15, -0.1) is 0 Å². The Bertz CT molecular complexity index is 656. The lowest BCUT2D eigenvalue weighted by Crippen LogP contribution is -2.06. The molecule has 0 radical (unpaired) electrons. The minimum absolute atomic E-state index is 0.0948. The van der Waals surface area contributed by atoms with Crippen LogP contribution in [0.5, 0.6) is 0 Å². The van der Waals surface area contributed by atoms with Crippen LogP contribution in [0.1, 0.15) is 11.3 Å². The Labute approximate surface area is 109 Å². The lowest BCUT2D eigenvalue weighted by molar-refractivity contribution is -0.384. The normalized spacial score (nSPS) is 9.89. The van der Waals surface area contributed by atoms with Crippen LogP contribution in [0.15, 0.2) is 30.5 Å². The number of nitrogens with one attached hydrogen (secondary N) is 1. The summed E-state index contributed by atoms with van der Waals surface area (Å²) in [7, 11) is 1.82. The Balaban J connectivity index is 2.19. The van der Waals surface area contributed by atoms with Gasteiger partial charge in [-0.25, -0.2) is 0 Å². The Morgan fingerprint density at radius 2 is 2.32 bits per heavy atom. The van der Waals surface area contributed by atoms with Crippen molar-refractivity contribution in [1.29, 1.82) is 5.26 Å². The molecule has 0 bridgehead atoms. The fourth-order valence-corrected chi connectivity index (χ4v) is 1.65. The summed E-state index contributed by atoms with van der Waals surface area (Å²) in [4.78, 5) is 10.1. The molecule has 2 rings (SSSR count). The van der Waals surface area contributed by atoms with E-state index < -0.39 is 4.92 Å². The summed E-state index contributed by atoms with van der Waals surface area (Å²) in [6.07, 6.45) is 1.68. The molecule has 96 valence electrons. The minimum Gasteiger partial charge on any atom is -0.378 e. The highest BCUT2D eigenvalue weighted by Gasteiger charge is 2.10. The summed E-state index contributed by atoms with van der Waals surface area (Å²) in [6, 6.07) is 7.96. The highest BCUT2D eigenvalue weighted by molar-refractivity contribution is 5.61. The average Bonchev–Trinajstić information content (AvgIpc) is 2.81. The Morgan fingerprint density at radius 1 is 1.53 bits per heavy atom. The van der Waals surface area contributed by atoms with E-state index in [2.05, 4.69) is 10.4 Å². The van der Waals surface area contributed by atoms with Crippen molar-refractivity contribution in [2.45, 2.75) is 6.54 Å². The molecule has 0 aliphatic rings. The molecule has 1 aromatic carbocycles. The number of nitro groups is 1. The molecule has 0 spiro atoms. The van der Waals surface area contributed by atoms with Gasteiger partial charge in [0.25, 0.3) is 5.69 Å². The predicted octanol–water partition coefficient (Wildman–Crippen LogP) is 1.81. The molecule has 0 aliphatic carbocycles. The van der Waals surface area contributed by atoms with Crippen LogP contribution < -0.4 is 5.32 Å². The van der Waals surface area contributed by atoms with Crippen molar-refractivity contribution in [3.63, 3.8) is 0 Å². The van der Waals surface area contributed by atoms with Crippen LogP contribution in [0.3, 0.4) is 0 Å². The van der Waals surface area contributed by atoms with Gasteiger partial charge in [0.2, 0.25) is 0 Å². The second-order valence-corrected chi connectivity index (χ2v) is 3.90. The number of nitro benzene ring substituents is 1. The first-order valence-corrected chi connectivity index (χ1v) is 5.51. The van der Waals surface area contributed by atoms with E-state index >= 15 is 0 Å². The SMILES string of the molecule is Cn1nccc1CNc1ccc([N+](=O)[O-])cc1C#N. The van der Waals surface area contributed by atoms with Crippen LogP contribution in [0.4, 0.5) is 11.4 Å². The van der Waals surface area contributed by atoms with E-state index in [0.717, 1.165) is 5.69 Å². The number of hydrogen-bond donors (Lipinski definition) is 1. The Hall–Kier alpha value is -2.88. The molecule has 1 heterocycles. The number of nitrogens with zero attached hydrogens (tertiary/aromatic N) is 4. The van der Waals surface area contributed by atoms with E-state index in [0.29, 0.717) is 12.2 Å². The molecule has 0 amide bonds. The average molecular weight is 257 g/mol. The van der Waals surface area contributed by atoms with Gasteiger partial charge in [0.1, 0.15) is 6.07 Å². The van der Waals surface area contributed by atoms with Crippen LogP contribution in [0, 0.1) is 21.4 Å². The zero-order valence-electron chi connectivity index (χ0n) is 10.2. The van der Waals surface area contributed by atoms with Gasteiger partial charge in [-0.05, 0) is 12.1 Å². The highest BCUT2D eigenvalue weighted by atomic mass is 16.6. The van der Waals surface area contributed by atoms with E-state index in [1.165, 1.54) is 18.2 Å². The van der Waals surface area contributed by atoms with Crippen LogP contribution in [-0.4, -0.2) is 14.7 Å². The molecule has 0 saturated heterocycles. The minimum atomic E-state index is -0.522. The van der Waals surface area contributed by atoms with Gasteiger partial charge in [-0.2, -0.15) is 10.4 Å². The van der Waals surface area contributed by atoms with Gasteiger partial charge in [0, 0.05) is 25.4 Å². The van der Waals surface area contributed by atoms with Crippen LogP contribution in [0.25, 0.3) is 0 Å². The fourth-order valence-electron chi connectivity index (χ4n) is 1.65. The molecular formula is C12H11N5O2. The van der Waals surface area contributed by atoms with Crippen molar-refractivity contribution in [2.24, 2.45) is 7.05 Å². The van der Waals surface area contributed by atoms with Gasteiger partial charge in [0.15, 0.2) is 0 Å². The summed E-state index contributed by atoms with van der Waals surface area (Å²) in [5, 5.41) is 26.7. The van der Waals surface area contributed by atoms with Crippen molar-refractivity contribution in [3.05, 3.63) is 51.8 Å². The number of aryl methyl sites for hydroxylation is 1. The molecule has 1 aromatic heterocycles. The van der Waals surface area contributed by atoms with Crippen LogP contribution in [-0.2, 0) is 13.6 Å². The Kier molecular flexibility index (Phi) is 3.43. The van der Waals surface area contributed by atoms with E-state index in [4.69, 9.17) is 5.26 Å². The molecule has 7 nitrogen and oxygen atoms in total. The van der Waals surface area contributed by atoms with Crippen LogP contribution in [0.2, 0.25) is 0 Å². The Morgan fingerprint density at radius 3 is 2.89 bits per heavy atom. The van der Waals surface area contributed by atoms with E-state index in [-0.39, 0.29) is 11.3 Å². The number of benzene rings is 1.